The van der Waals surface area contributed by atoms with E-state index < -0.39 is 0 Å². The summed E-state index contributed by atoms with van der Waals surface area (Å²) in [5, 5.41) is 4.45. The highest BCUT2D eigenvalue weighted by atomic mass is 19.1. The average molecular weight is 272 g/mol. The number of fused-ring (bicyclic) bond motifs is 1. The van der Waals surface area contributed by atoms with Crippen molar-refractivity contribution >= 4 is 11.0 Å². The SMILES string of the molecule is Cn1c(C[N-]CCc2cnc[nH]2)nc2c(F)cccc21. The molecule has 1 aromatic carbocycles. The van der Waals surface area contributed by atoms with Gasteiger partial charge < -0.3 is 14.9 Å². The van der Waals surface area contributed by atoms with Crippen LogP contribution in [0.2, 0.25) is 0 Å². The van der Waals surface area contributed by atoms with E-state index in [0.717, 1.165) is 23.5 Å². The normalized spacial score (nSPS) is 11.3. The molecule has 0 bridgehead atoms. The Labute approximate surface area is 115 Å². The molecular weight excluding hydrogens is 257 g/mol. The maximum Gasteiger partial charge on any atom is 0.151 e. The van der Waals surface area contributed by atoms with Gasteiger partial charge in [0.1, 0.15) is 5.52 Å². The van der Waals surface area contributed by atoms with Crippen LogP contribution in [-0.4, -0.2) is 26.1 Å². The Bertz CT molecular complexity index is 702. The molecule has 0 saturated heterocycles. The van der Waals surface area contributed by atoms with Crippen molar-refractivity contribution in [1.82, 2.24) is 19.5 Å². The molecule has 104 valence electrons. The van der Waals surface area contributed by atoms with Crippen molar-refractivity contribution < 1.29 is 4.39 Å². The second-order valence-electron chi connectivity index (χ2n) is 4.63. The summed E-state index contributed by atoms with van der Waals surface area (Å²) in [6.45, 7) is 1.17. The van der Waals surface area contributed by atoms with Gasteiger partial charge in [-0.1, -0.05) is 12.6 Å². The molecule has 0 aliphatic rings. The van der Waals surface area contributed by atoms with Gasteiger partial charge in [0.15, 0.2) is 5.82 Å². The van der Waals surface area contributed by atoms with Crippen LogP contribution in [0.25, 0.3) is 16.4 Å². The second kappa shape index (κ2) is 5.42. The smallest absolute Gasteiger partial charge is 0.151 e. The fourth-order valence-electron chi connectivity index (χ4n) is 2.17. The number of halogens is 1. The summed E-state index contributed by atoms with van der Waals surface area (Å²) in [5.41, 5.74) is 2.27. The highest BCUT2D eigenvalue weighted by molar-refractivity contribution is 5.76. The van der Waals surface area contributed by atoms with Gasteiger partial charge in [0.05, 0.1) is 17.7 Å². The Morgan fingerprint density at radius 3 is 3.05 bits per heavy atom. The molecule has 0 atom stereocenters. The standard InChI is InChI=1S/C14H15FN5/c1-20-12-4-2-3-11(15)14(12)19-13(20)8-16-6-5-10-7-17-9-18-10/h2-4,7,9H,5-6,8H2,1H3,(H,17,18)/q-1. The van der Waals surface area contributed by atoms with Crippen molar-refractivity contribution in [3.05, 3.63) is 53.4 Å². The topological polar surface area (TPSA) is 60.6 Å². The number of nitrogens with one attached hydrogen (secondary N) is 1. The van der Waals surface area contributed by atoms with Crippen LogP contribution < -0.4 is 0 Å². The van der Waals surface area contributed by atoms with E-state index in [0.29, 0.717) is 18.6 Å². The largest absolute Gasteiger partial charge is 0.656 e. The van der Waals surface area contributed by atoms with Crippen molar-refractivity contribution in [2.24, 2.45) is 7.05 Å². The molecule has 1 N–H and O–H groups in total. The minimum absolute atomic E-state index is 0.290. The number of aryl methyl sites for hydroxylation is 1. The van der Waals surface area contributed by atoms with Crippen LogP contribution in [0, 0.1) is 5.82 Å². The molecule has 0 saturated carbocycles. The third-order valence-electron chi connectivity index (χ3n) is 3.30. The van der Waals surface area contributed by atoms with Crippen molar-refractivity contribution in [3.8, 4) is 0 Å². The summed E-state index contributed by atoms with van der Waals surface area (Å²) >= 11 is 0. The summed E-state index contributed by atoms with van der Waals surface area (Å²) in [5.74, 6) is 0.483. The first-order valence-corrected chi connectivity index (χ1v) is 6.46. The summed E-state index contributed by atoms with van der Waals surface area (Å²) in [6, 6.07) is 4.98. The first-order chi connectivity index (χ1) is 9.75. The van der Waals surface area contributed by atoms with Crippen molar-refractivity contribution in [1.29, 1.82) is 0 Å². The third-order valence-corrected chi connectivity index (χ3v) is 3.30. The van der Waals surface area contributed by atoms with E-state index in [1.807, 2.05) is 17.7 Å². The zero-order chi connectivity index (χ0) is 13.9. The fraction of sp³-hybridized carbons (Fsp3) is 0.286. The van der Waals surface area contributed by atoms with Gasteiger partial charge in [-0.25, -0.2) is 14.4 Å². The van der Waals surface area contributed by atoms with Gasteiger partial charge in [-0.3, -0.25) is 0 Å². The molecule has 20 heavy (non-hydrogen) atoms. The van der Waals surface area contributed by atoms with Crippen LogP contribution in [0.15, 0.2) is 30.7 Å². The molecule has 0 aliphatic heterocycles. The summed E-state index contributed by atoms with van der Waals surface area (Å²) in [4.78, 5) is 11.3. The van der Waals surface area contributed by atoms with Crippen LogP contribution in [0.5, 0.6) is 0 Å². The van der Waals surface area contributed by atoms with Gasteiger partial charge in [0, 0.05) is 18.9 Å². The quantitative estimate of drug-likeness (QED) is 0.725. The van der Waals surface area contributed by atoms with E-state index in [-0.39, 0.29) is 5.82 Å². The van der Waals surface area contributed by atoms with Crippen LogP contribution in [-0.2, 0) is 20.0 Å². The Kier molecular flexibility index (Phi) is 3.47. The number of para-hydroxylation sites is 1. The average Bonchev–Trinajstić information content (AvgIpc) is 3.06. The Morgan fingerprint density at radius 2 is 2.30 bits per heavy atom. The van der Waals surface area contributed by atoms with Crippen LogP contribution in [0.3, 0.4) is 0 Å². The maximum atomic E-state index is 13.6. The lowest BCUT2D eigenvalue weighted by atomic mass is 10.3. The Morgan fingerprint density at radius 1 is 1.40 bits per heavy atom. The molecule has 0 radical (unpaired) electrons. The summed E-state index contributed by atoms with van der Waals surface area (Å²) in [6.07, 6.45) is 4.27. The van der Waals surface area contributed by atoms with Crippen molar-refractivity contribution in [3.63, 3.8) is 0 Å². The minimum Gasteiger partial charge on any atom is -0.656 e. The van der Waals surface area contributed by atoms with Gasteiger partial charge in [0.25, 0.3) is 0 Å². The predicted octanol–water partition coefficient (Wildman–Crippen LogP) is 2.55. The van der Waals surface area contributed by atoms with E-state index >= 15 is 0 Å². The number of aromatic amines is 1. The van der Waals surface area contributed by atoms with Gasteiger partial charge >= 0.3 is 0 Å². The monoisotopic (exact) mass is 272 g/mol. The minimum atomic E-state index is -0.290. The van der Waals surface area contributed by atoms with E-state index in [9.17, 15) is 4.39 Å². The number of imidazole rings is 2. The Balaban J connectivity index is 1.65. The Hall–Kier alpha value is -2.21. The number of hydrogen-bond donors (Lipinski definition) is 1. The lowest BCUT2D eigenvalue weighted by molar-refractivity contribution is 0.637. The second-order valence-corrected chi connectivity index (χ2v) is 4.63. The molecule has 3 rings (SSSR count). The van der Waals surface area contributed by atoms with Gasteiger partial charge in [-0.15, -0.1) is 6.54 Å². The lowest BCUT2D eigenvalue weighted by Gasteiger charge is -2.17. The lowest BCUT2D eigenvalue weighted by Crippen LogP contribution is -2.00. The first-order valence-electron chi connectivity index (χ1n) is 6.46. The van der Waals surface area contributed by atoms with E-state index in [4.69, 9.17) is 0 Å². The number of aromatic nitrogens is 4. The fourth-order valence-corrected chi connectivity index (χ4v) is 2.17. The van der Waals surface area contributed by atoms with Gasteiger partial charge in [0.2, 0.25) is 0 Å². The van der Waals surface area contributed by atoms with Gasteiger partial charge in [-0.05, 0) is 18.6 Å². The van der Waals surface area contributed by atoms with Crippen LogP contribution in [0.1, 0.15) is 11.5 Å². The van der Waals surface area contributed by atoms with Gasteiger partial charge in [-0.2, -0.15) is 0 Å². The molecule has 0 aliphatic carbocycles. The zero-order valence-corrected chi connectivity index (χ0v) is 11.2. The van der Waals surface area contributed by atoms with E-state index in [1.54, 1.807) is 18.6 Å². The highest BCUT2D eigenvalue weighted by Crippen LogP contribution is 2.19. The molecule has 0 amide bonds. The summed E-state index contributed by atoms with van der Waals surface area (Å²) < 4.78 is 15.5. The highest BCUT2D eigenvalue weighted by Gasteiger charge is 2.08. The molecule has 6 heteroatoms. The number of rotatable bonds is 5. The predicted molar refractivity (Wildman–Crippen MR) is 74.9 cm³/mol. The number of benzene rings is 1. The number of nitrogens with zero attached hydrogens (tertiary/aromatic N) is 4. The zero-order valence-electron chi connectivity index (χ0n) is 11.2. The van der Waals surface area contributed by atoms with Crippen LogP contribution >= 0.6 is 0 Å². The molecule has 2 heterocycles. The van der Waals surface area contributed by atoms with Crippen molar-refractivity contribution in [2.45, 2.75) is 13.0 Å². The van der Waals surface area contributed by atoms with E-state index in [2.05, 4.69) is 20.3 Å². The molecular formula is C14H15FN5-. The molecule has 5 nitrogen and oxygen atoms in total. The first kappa shape index (κ1) is 12.8. The van der Waals surface area contributed by atoms with Crippen LogP contribution in [0.4, 0.5) is 4.39 Å². The molecule has 2 aromatic heterocycles. The van der Waals surface area contributed by atoms with E-state index in [1.165, 1.54) is 6.07 Å². The van der Waals surface area contributed by atoms with Crippen molar-refractivity contribution in [2.75, 3.05) is 6.54 Å². The summed E-state index contributed by atoms with van der Waals surface area (Å²) in [7, 11) is 1.88. The molecule has 0 unspecified atom stereocenters. The third kappa shape index (κ3) is 2.42. The number of hydrogen-bond acceptors (Lipinski definition) is 2. The molecule has 0 spiro atoms. The molecule has 0 fully saturated rings. The maximum absolute atomic E-state index is 13.6. The molecule has 3 aromatic rings. The number of H-pyrrole nitrogens is 1.